The lowest BCUT2D eigenvalue weighted by atomic mass is 10.0. The monoisotopic (exact) mass is 202 g/mol. The van der Waals surface area contributed by atoms with Gasteiger partial charge in [0.15, 0.2) is 5.76 Å². The molecule has 0 aliphatic heterocycles. The van der Waals surface area contributed by atoms with Crippen molar-refractivity contribution in [2.24, 2.45) is 5.73 Å². The third-order valence-corrected chi connectivity index (χ3v) is 2.58. The molecule has 78 valence electrons. The summed E-state index contributed by atoms with van der Waals surface area (Å²) in [5.41, 5.74) is 9.78. The molecule has 0 saturated heterocycles. The third-order valence-electron chi connectivity index (χ3n) is 2.58. The Labute approximate surface area is 88.9 Å². The fraction of sp³-hybridized carbons (Fsp3) is 0.250. The van der Waals surface area contributed by atoms with Crippen LogP contribution in [-0.2, 0) is 6.54 Å². The summed E-state index contributed by atoms with van der Waals surface area (Å²) < 4.78 is 5.32. The van der Waals surface area contributed by atoms with Gasteiger partial charge in [-0.3, -0.25) is 0 Å². The van der Waals surface area contributed by atoms with E-state index in [-0.39, 0.29) is 0 Å². The van der Waals surface area contributed by atoms with E-state index in [1.54, 1.807) is 0 Å². The van der Waals surface area contributed by atoms with E-state index in [9.17, 15) is 0 Å². The van der Waals surface area contributed by atoms with Crippen LogP contribution in [0.2, 0.25) is 0 Å². The molecule has 0 atom stereocenters. The quantitative estimate of drug-likeness (QED) is 0.813. The molecule has 2 aromatic rings. The molecule has 0 radical (unpaired) electrons. The van der Waals surface area contributed by atoms with Crippen LogP contribution >= 0.6 is 0 Å². The van der Waals surface area contributed by atoms with Gasteiger partial charge in [-0.1, -0.05) is 29.4 Å². The zero-order valence-corrected chi connectivity index (χ0v) is 8.95. The predicted octanol–water partition coefficient (Wildman–Crippen LogP) is 2.42. The summed E-state index contributed by atoms with van der Waals surface area (Å²) in [5, 5.41) is 3.95. The van der Waals surface area contributed by atoms with Crippen molar-refractivity contribution in [2.75, 3.05) is 0 Å². The zero-order chi connectivity index (χ0) is 10.8. The van der Waals surface area contributed by atoms with Crippen LogP contribution in [0.15, 0.2) is 28.8 Å². The zero-order valence-electron chi connectivity index (χ0n) is 8.95. The number of benzene rings is 1. The Balaban J connectivity index is 2.59. The molecule has 3 nitrogen and oxygen atoms in total. The van der Waals surface area contributed by atoms with E-state index >= 15 is 0 Å². The summed E-state index contributed by atoms with van der Waals surface area (Å²) in [6, 6.07) is 8.06. The van der Waals surface area contributed by atoms with Crippen molar-refractivity contribution in [3.05, 3.63) is 41.1 Å². The molecule has 15 heavy (non-hydrogen) atoms. The van der Waals surface area contributed by atoms with Crippen LogP contribution in [0, 0.1) is 13.8 Å². The predicted molar refractivity (Wildman–Crippen MR) is 59.3 cm³/mol. The molecule has 0 amide bonds. The van der Waals surface area contributed by atoms with Gasteiger partial charge in [0.05, 0.1) is 5.69 Å². The first-order valence-corrected chi connectivity index (χ1v) is 4.95. The van der Waals surface area contributed by atoms with E-state index in [1.165, 1.54) is 5.56 Å². The van der Waals surface area contributed by atoms with E-state index < -0.39 is 0 Å². The molecule has 0 spiro atoms. The second-order valence-electron chi connectivity index (χ2n) is 3.59. The van der Waals surface area contributed by atoms with Crippen molar-refractivity contribution in [1.82, 2.24) is 5.16 Å². The molecule has 0 aliphatic rings. The van der Waals surface area contributed by atoms with Gasteiger partial charge >= 0.3 is 0 Å². The third kappa shape index (κ3) is 1.66. The molecule has 0 aliphatic carbocycles. The summed E-state index contributed by atoms with van der Waals surface area (Å²) in [6.07, 6.45) is 0. The minimum atomic E-state index is 0.457. The van der Waals surface area contributed by atoms with Crippen molar-refractivity contribution < 1.29 is 4.52 Å². The molecule has 0 saturated carbocycles. The van der Waals surface area contributed by atoms with Gasteiger partial charge in [-0.15, -0.1) is 0 Å². The van der Waals surface area contributed by atoms with E-state index in [0.29, 0.717) is 6.54 Å². The first kappa shape index (κ1) is 9.93. The van der Waals surface area contributed by atoms with Gasteiger partial charge in [-0.2, -0.15) is 0 Å². The molecule has 3 heteroatoms. The number of aromatic nitrogens is 1. The Morgan fingerprint density at radius 2 is 2.00 bits per heavy atom. The summed E-state index contributed by atoms with van der Waals surface area (Å²) in [7, 11) is 0. The highest BCUT2D eigenvalue weighted by molar-refractivity contribution is 5.65. The number of hydrogen-bond acceptors (Lipinski definition) is 3. The van der Waals surface area contributed by atoms with Crippen LogP contribution in [0.4, 0.5) is 0 Å². The van der Waals surface area contributed by atoms with Crippen molar-refractivity contribution in [1.29, 1.82) is 0 Å². The normalized spacial score (nSPS) is 10.6. The lowest BCUT2D eigenvalue weighted by Crippen LogP contribution is -1.99. The number of rotatable bonds is 2. The fourth-order valence-electron chi connectivity index (χ4n) is 1.67. The lowest BCUT2D eigenvalue weighted by molar-refractivity contribution is 0.426. The second kappa shape index (κ2) is 3.87. The Hall–Kier alpha value is -1.61. The molecule has 1 aromatic carbocycles. The van der Waals surface area contributed by atoms with Crippen LogP contribution in [0.3, 0.4) is 0 Å². The van der Waals surface area contributed by atoms with Crippen LogP contribution in [0.1, 0.15) is 16.8 Å². The second-order valence-corrected chi connectivity index (χ2v) is 3.59. The van der Waals surface area contributed by atoms with Gasteiger partial charge in [0.2, 0.25) is 0 Å². The Kier molecular flexibility index (Phi) is 2.56. The Morgan fingerprint density at radius 1 is 1.27 bits per heavy atom. The summed E-state index contributed by atoms with van der Waals surface area (Å²) in [5.74, 6) is 0.799. The molecule has 1 aromatic heterocycles. The minimum absolute atomic E-state index is 0.457. The minimum Gasteiger partial charge on any atom is -0.356 e. The first-order chi connectivity index (χ1) is 7.24. The number of nitrogens with zero attached hydrogens (tertiary/aromatic N) is 1. The molecule has 0 fully saturated rings. The Bertz CT molecular complexity index is 474. The van der Waals surface area contributed by atoms with Gasteiger partial charge in [0.25, 0.3) is 0 Å². The highest BCUT2D eigenvalue weighted by atomic mass is 16.5. The van der Waals surface area contributed by atoms with Crippen molar-refractivity contribution >= 4 is 0 Å². The SMILES string of the molecule is Cc1ccccc1-c1onc(C)c1CN. The molecule has 0 unspecified atom stereocenters. The number of aryl methyl sites for hydroxylation is 2. The average Bonchev–Trinajstić information content (AvgIpc) is 2.60. The van der Waals surface area contributed by atoms with Gasteiger partial charge in [-0.25, -0.2) is 0 Å². The van der Waals surface area contributed by atoms with Gasteiger partial charge in [0.1, 0.15) is 0 Å². The standard InChI is InChI=1S/C12H14N2O/c1-8-5-3-4-6-10(8)12-11(7-13)9(2)14-15-12/h3-6H,7,13H2,1-2H3. The molecule has 0 bridgehead atoms. The molecular formula is C12H14N2O. The van der Waals surface area contributed by atoms with E-state index in [0.717, 1.165) is 22.6 Å². The topological polar surface area (TPSA) is 52.0 Å². The van der Waals surface area contributed by atoms with Gasteiger partial charge in [-0.05, 0) is 19.4 Å². The Morgan fingerprint density at radius 3 is 2.67 bits per heavy atom. The number of nitrogens with two attached hydrogens (primary N) is 1. The van der Waals surface area contributed by atoms with E-state index in [2.05, 4.69) is 5.16 Å². The highest BCUT2D eigenvalue weighted by Crippen LogP contribution is 2.28. The van der Waals surface area contributed by atoms with Gasteiger partial charge in [0, 0.05) is 17.7 Å². The van der Waals surface area contributed by atoms with Crippen molar-refractivity contribution in [2.45, 2.75) is 20.4 Å². The van der Waals surface area contributed by atoms with Gasteiger partial charge < -0.3 is 10.3 Å². The first-order valence-electron chi connectivity index (χ1n) is 4.95. The maximum Gasteiger partial charge on any atom is 0.171 e. The molecule has 2 N–H and O–H groups in total. The van der Waals surface area contributed by atoms with Crippen LogP contribution < -0.4 is 5.73 Å². The van der Waals surface area contributed by atoms with Crippen LogP contribution in [-0.4, -0.2) is 5.16 Å². The maximum absolute atomic E-state index is 5.68. The van der Waals surface area contributed by atoms with E-state index in [1.807, 2.05) is 38.1 Å². The summed E-state index contributed by atoms with van der Waals surface area (Å²) >= 11 is 0. The van der Waals surface area contributed by atoms with E-state index in [4.69, 9.17) is 10.3 Å². The van der Waals surface area contributed by atoms with Crippen LogP contribution in [0.25, 0.3) is 11.3 Å². The smallest absolute Gasteiger partial charge is 0.171 e. The highest BCUT2D eigenvalue weighted by Gasteiger charge is 2.14. The maximum atomic E-state index is 5.68. The molecule has 1 heterocycles. The molecule has 2 rings (SSSR count). The lowest BCUT2D eigenvalue weighted by Gasteiger charge is -2.02. The molecular weight excluding hydrogens is 188 g/mol. The fourth-order valence-corrected chi connectivity index (χ4v) is 1.67. The number of hydrogen-bond donors (Lipinski definition) is 1. The summed E-state index contributed by atoms with van der Waals surface area (Å²) in [4.78, 5) is 0. The van der Waals surface area contributed by atoms with Crippen molar-refractivity contribution in [3.8, 4) is 11.3 Å². The van der Waals surface area contributed by atoms with Crippen LogP contribution in [0.5, 0.6) is 0 Å². The largest absolute Gasteiger partial charge is 0.356 e. The average molecular weight is 202 g/mol. The van der Waals surface area contributed by atoms with Crippen molar-refractivity contribution in [3.63, 3.8) is 0 Å². The summed E-state index contributed by atoms with van der Waals surface area (Å²) in [6.45, 7) is 4.42.